The van der Waals surface area contributed by atoms with Gasteiger partial charge in [-0.25, -0.2) is 4.68 Å². The molecule has 170 valence electrons. The van der Waals surface area contributed by atoms with Crippen LogP contribution in [-0.4, -0.2) is 33.8 Å². The lowest BCUT2D eigenvalue weighted by Gasteiger charge is -2.32. The molecular formula is C26H29N5OS. The highest BCUT2D eigenvalue weighted by Crippen LogP contribution is 2.34. The summed E-state index contributed by atoms with van der Waals surface area (Å²) in [4.78, 5) is 20.3. The van der Waals surface area contributed by atoms with E-state index in [0.717, 1.165) is 51.8 Å². The SMILES string of the molecule is Cc1ccc(-n2nc(C)c3sc(N4CCC[C@@H](C(=O)N[C@H](C)c5ccccc5)C4)nc32)cc1. The summed E-state index contributed by atoms with van der Waals surface area (Å²) in [5.41, 5.74) is 5.23. The first kappa shape index (κ1) is 21.6. The van der Waals surface area contributed by atoms with Gasteiger partial charge in [-0.3, -0.25) is 4.79 Å². The highest BCUT2D eigenvalue weighted by atomic mass is 32.1. The molecule has 2 aromatic heterocycles. The maximum atomic E-state index is 13.0. The molecule has 5 rings (SSSR count). The molecule has 0 radical (unpaired) electrons. The molecule has 6 nitrogen and oxygen atoms in total. The Balaban J connectivity index is 1.34. The summed E-state index contributed by atoms with van der Waals surface area (Å²) in [6, 6.07) is 18.5. The molecule has 0 bridgehead atoms. The summed E-state index contributed by atoms with van der Waals surface area (Å²) in [6.45, 7) is 7.77. The Labute approximate surface area is 198 Å². The molecule has 1 fully saturated rings. The second-order valence-corrected chi connectivity index (χ2v) is 9.89. The van der Waals surface area contributed by atoms with E-state index in [1.165, 1.54) is 5.56 Å². The summed E-state index contributed by atoms with van der Waals surface area (Å²) >= 11 is 1.67. The van der Waals surface area contributed by atoms with Gasteiger partial charge >= 0.3 is 0 Å². The topological polar surface area (TPSA) is 63.1 Å². The highest BCUT2D eigenvalue weighted by molar-refractivity contribution is 7.22. The van der Waals surface area contributed by atoms with E-state index >= 15 is 0 Å². The molecule has 1 amide bonds. The smallest absolute Gasteiger partial charge is 0.225 e. The van der Waals surface area contributed by atoms with Crippen LogP contribution in [0.15, 0.2) is 54.6 Å². The summed E-state index contributed by atoms with van der Waals surface area (Å²) in [7, 11) is 0. The number of piperidine rings is 1. The van der Waals surface area contributed by atoms with Crippen LogP contribution in [0.3, 0.4) is 0 Å². The third-order valence-electron chi connectivity index (χ3n) is 6.38. The maximum absolute atomic E-state index is 13.0. The number of hydrogen-bond acceptors (Lipinski definition) is 5. The van der Waals surface area contributed by atoms with Crippen LogP contribution < -0.4 is 10.2 Å². The predicted octanol–water partition coefficient (Wildman–Crippen LogP) is 5.19. The zero-order valence-electron chi connectivity index (χ0n) is 19.3. The lowest BCUT2D eigenvalue weighted by Crippen LogP contribution is -2.43. The molecule has 1 aliphatic rings. The minimum atomic E-state index is -0.0355. The molecule has 1 N–H and O–H groups in total. The van der Waals surface area contributed by atoms with Crippen molar-refractivity contribution < 1.29 is 4.79 Å². The van der Waals surface area contributed by atoms with Gasteiger partial charge in [-0.2, -0.15) is 10.1 Å². The molecule has 4 aromatic rings. The van der Waals surface area contributed by atoms with Gasteiger partial charge in [-0.15, -0.1) is 0 Å². The van der Waals surface area contributed by atoms with E-state index in [1.54, 1.807) is 11.3 Å². The van der Waals surface area contributed by atoms with Crippen LogP contribution in [0.4, 0.5) is 5.13 Å². The second-order valence-electron chi connectivity index (χ2n) is 8.91. The molecule has 3 heterocycles. The Kier molecular flexibility index (Phi) is 5.89. The minimum Gasteiger partial charge on any atom is -0.349 e. The van der Waals surface area contributed by atoms with Gasteiger partial charge in [-0.1, -0.05) is 59.4 Å². The number of benzene rings is 2. The first-order valence-corrected chi connectivity index (χ1v) is 12.3. The summed E-state index contributed by atoms with van der Waals surface area (Å²) in [5, 5.41) is 8.90. The van der Waals surface area contributed by atoms with Gasteiger partial charge in [-0.05, 0) is 51.3 Å². The van der Waals surface area contributed by atoms with E-state index in [1.807, 2.05) is 36.7 Å². The van der Waals surface area contributed by atoms with Gasteiger partial charge in [0.15, 0.2) is 10.8 Å². The number of amides is 1. The summed E-state index contributed by atoms with van der Waals surface area (Å²) < 4.78 is 3.04. The molecule has 33 heavy (non-hydrogen) atoms. The van der Waals surface area contributed by atoms with Crippen LogP contribution in [0, 0.1) is 19.8 Å². The van der Waals surface area contributed by atoms with Gasteiger partial charge in [0.25, 0.3) is 0 Å². The van der Waals surface area contributed by atoms with E-state index in [2.05, 4.69) is 53.5 Å². The number of rotatable bonds is 5. The Bertz CT molecular complexity index is 1260. The van der Waals surface area contributed by atoms with Crippen molar-refractivity contribution in [3.05, 3.63) is 71.4 Å². The van der Waals surface area contributed by atoms with Crippen molar-refractivity contribution in [2.24, 2.45) is 5.92 Å². The maximum Gasteiger partial charge on any atom is 0.225 e. The minimum absolute atomic E-state index is 0.000306. The molecule has 0 saturated carbocycles. The fourth-order valence-corrected chi connectivity index (χ4v) is 5.47. The fourth-order valence-electron chi connectivity index (χ4n) is 4.45. The van der Waals surface area contributed by atoms with Crippen molar-refractivity contribution in [2.75, 3.05) is 18.0 Å². The molecule has 2 atom stereocenters. The Morgan fingerprint density at radius 3 is 2.64 bits per heavy atom. The number of hydrogen-bond donors (Lipinski definition) is 1. The van der Waals surface area contributed by atoms with E-state index in [0.29, 0.717) is 6.54 Å². The lowest BCUT2D eigenvalue weighted by molar-refractivity contribution is -0.125. The third kappa shape index (κ3) is 4.37. The van der Waals surface area contributed by atoms with Crippen LogP contribution in [0.2, 0.25) is 0 Å². The van der Waals surface area contributed by atoms with Crippen molar-refractivity contribution in [3.8, 4) is 5.69 Å². The Hall–Kier alpha value is -3.19. The predicted molar refractivity (Wildman–Crippen MR) is 134 cm³/mol. The number of aromatic nitrogens is 3. The largest absolute Gasteiger partial charge is 0.349 e. The second kappa shape index (κ2) is 8.98. The Morgan fingerprint density at radius 1 is 1.12 bits per heavy atom. The molecule has 0 aliphatic carbocycles. The average Bonchev–Trinajstić information content (AvgIpc) is 3.41. The number of nitrogens with zero attached hydrogens (tertiary/aromatic N) is 4. The number of anilines is 1. The lowest BCUT2D eigenvalue weighted by atomic mass is 9.96. The van der Waals surface area contributed by atoms with Crippen LogP contribution in [0.5, 0.6) is 0 Å². The highest BCUT2D eigenvalue weighted by Gasteiger charge is 2.29. The van der Waals surface area contributed by atoms with Gasteiger partial charge in [0.2, 0.25) is 5.91 Å². The van der Waals surface area contributed by atoms with E-state index in [4.69, 9.17) is 10.1 Å². The summed E-state index contributed by atoms with van der Waals surface area (Å²) in [5.74, 6) is 0.0887. The molecule has 0 unspecified atom stereocenters. The van der Waals surface area contributed by atoms with Crippen molar-refractivity contribution in [3.63, 3.8) is 0 Å². The van der Waals surface area contributed by atoms with Crippen LogP contribution in [0.1, 0.15) is 42.6 Å². The van der Waals surface area contributed by atoms with Gasteiger partial charge in [0, 0.05) is 13.1 Å². The van der Waals surface area contributed by atoms with Crippen LogP contribution >= 0.6 is 11.3 Å². The van der Waals surface area contributed by atoms with Gasteiger partial charge < -0.3 is 10.2 Å². The molecule has 2 aromatic carbocycles. The number of carbonyl (C=O) groups is 1. The molecule has 1 aliphatic heterocycles. The monoisotopic (exact) mass is 459 g/mol. The number of carbonyl (C=O) groups excluding carboxylic acids is 1. The van der Waals surface area contributed by atoms with Crippen LogP contribution in [0.25, 0.3) is 16.0 Å². The number of nitrogens with one attached hydrogen (secondary N) is 1. The number of thiazole rings is 1. The number of aryl methyl sites for hydroxylation is 2. The average molecular weight is 460 g/mol. The van der Waals surface area contributed by atoms with Crippen molar-refractivity contribution in [1.29, 1.82) is 0 Å². The summed E-state index contributed by atoms with van der Waals surface area (Å²) in [6.07, 6.45) is 1.89. The van der Waals surface area contributed by atoms with Crippen LogP contribution in [-0.2, 0) is 4.79 Å². The third-order valence-corrected chi connectivity index (χ3v) is 7.59. The normalized spacial score (nSPS) is 17.3. The first-order chi connectivity index (χ1) is 16.0. The van der Waals surface area contributed by atoms with E-state index in [-0.39, 0.29) is 17.9 Å². The Morgan fingerprint density at radius 2 is 1.88 bits per heavy atom. The first-order valence-electron chi connectivity index (χ1n) is 11.5. The van der Waals surface area contributed by atoms with E-state index < -0.39 is 0 Å². The number of fused-ring (bicyclic) bond motifs is 1. The molecule has 0 spiro atoms. The van der Waals surface area contributed by atoms with Crippen molar-refractivity contribution in [2.45, 2.75) is 39.7 Å². The van der Waals surface area contributed by atoms with E-state index in [9.17, 15) is 4.79 Å². The fraction of sp³-hybridized carbons (Fsp3) is 0.346. The van der Waals surface area contributed by atoms with Crippen molar-refractivity contribution in [1.82, 2.24) is 20.1 Å². The van der Waals surface area contributed by atoms with Gasteiger partial charge in [0.05, 0.1) is 28.0 Å². The zero-order valence-corrected chi connectivity index (χ0v) is 20.1. The molecule has 1 saturated heterocycles. The van der Waals surface area contributed by atoms with Gasteiger partial charge in [0.1, 0.15) is 0 Å². The molecular weight excluding hydrogens is 430 g/mol. The molecule has 7 heteroatoms. The van der Waals surface area contributed by atoms with Crippen molar-refractivity contribution >= 4 is 32.7 Å². The zero-order chi connectivity index (χ0) is 22.9. The standard InChI is InChI=1S/C26H29N5OS/c1-17-11-13-22(14-12-17)31-24-23(19(3)29-31)33-26(28-24)30-15-7-10-21(16-30)25(32)27-18(2)20-8-5-4-6-9-20/h4-6,8-9,11-14,18,21H,7,10,15-16H2,1-3H3,(H,27,32)/t18-,21-/m1/s1. The quantitative estimate of drug-likeness (QED) is 0.446.